The van der Waals surface area contributed by atoms with Gasteiger partial charge in [-0.05, 0) is 24.5 Å². The summed E-state index contributed by atoms with van der Waals surface area (Å²) in [5, 5.41) is 11.8. The standard InChI is InChI=1S/C13H15FN2O3/c1-7(2)5-10(12(17)18)16-13-15-9-6-8(14)3-4-11(9)19-13/h3-4,6-7,10H,5H2,1-2H3,(H,15,16)(H,17,18). The highest BCUT2D eigenvalue weighted by atomic mass is 19.1. The van der Waals surface area contributed by atoms with E-state index in [0.29, 0.717) is 17.5 Å². The van der Waals surface area contributed by atoms with Gasteiger partial charge in [0, 0.05) is 6.07 Å². The van der Waals surface area contributed by atoms with Gasteiger partial charge in [-0.25, -0.2) is 9.18 Å². The number of anilines is 1. The third-order valence-corrected chi connectivity index (χ3v) is 2.65. The van der Waals surface area contributed by atoms with Crippen LogP contribution >= 0.6 is 0 Å². The molecule has 0 radical (unpaired) electrons. The van der Waals surface area contributed by atoms with E-state index in [1.165, 1.54) is 18.2 Å². The predicted octanol–water partition coefficient (Wildman–Crippen LogP) is 2.88. The Morgan fingerprint density at radius 3 is 2.89 bits per heavy atom. The summed E-state index contributed by atoms with van der Waals surface area (Å²) < 4.78 is 18.3. The average molecular weight is 266 g/mol. The van der Waals surface area contributed by atoms with Gasteiger partial charge in [-0.3, -0.25) is 0 Å². The lowest BCUT2D eigenvalue weighted by Crippen LogP contribution is -2.30. The SMILES string of the molecule is CC(C)CC(Nc1nc2cc(F)ccc2o1)C(=O)O. The smallest absolute Gasteiger partial charge is 0.326 e. The van der Waals surface area contributed by atoms with Gasteiger partial charge in [0.05, 0.1) is 0 Å². The van der Waals surface area contributed by atoms with Gasteiger partial charge in [-0.1, -0.05) is 13.8 Å². The Balaban J connectivity index is 2.21. The van der Waals surface area contributed by atoms with Gasteiger partial charge >= 0.3 is 5.97 Å². The monoisotopic (exact) mass is 266 g/mol. The van der Waals surface area contributed by atoms with Gasteiger partial charge in [0.15, 0.2) is 5.58 Å². The number of hydrogen-bond donors (Lipinski definition) is 2. The molecule has 2 N–H and O–H groups in total. The zero-order chi connectivity index (χ0) is 14.0. The molecule has 0 aliphatic heterocycles. The van der Waals surface area contributed by atoms with Crippen LogP contribution in [0.4, 0.5) is 10.4 Å². The van der Waals surface area contributed by atoms with Gasteiger partial charge in [-0.15, -0.1) is 0 Å². The number of nitrogens with one attached hydrogen (secondary N) is 1. The summed E-state index contributed by atoms with van der Waals surface area (Å²) in [7, 11) is 0. The highest BCUT2D eigenvalue weighted by Gasteiger charge is 2.21. The Morgan fingerprint density at radius 1 is 1.53 bits per heavy atom. The van der Waals surface area contributed by atoms with Crippen molar-refractivity contribution in [1.82, 2.24) is 4.98 Å². The molecular weight excluding hydrogens is 251 g/mol. The first kappa shape index (κ1) is 13.3. The fourth-order valence-corrected chi connectivity index (χ4v) is 1.80. The molecule has 0 saturated carbocycles. The molecule has 0 saturated heterocycles. The molecule has 0 aliphatic rings. The Hall–Kier alpha value is -2.11. The number of benzene rings is 1. The van der Waals surface area contributed by atoms with Crippen LogP contribution in [0.1, 0.15) is 20.3 Å². The maximum atomic E-state index is 13.0. The molecule has 0 amide bonds. The van der Waals surface area contributed by atoms with Crippen LogP contribution in [-0.4, -0.2) is 22.1 Å². The summed E-state index contributed by atoms with van der Waals surface area (Å²) in [5.74, 6) is -1.16. The number of hydrogen-bond acceptors (Lipinski definition) is 4. The van der Waals surface area contributed by atoms with Crippen LogP contribution in [-0.2, 0) is 4.79 Å². The molecule has 6 heteroatoms. The predicted molar refractivity (Wildman–Crippen MR) is 68.5 cm³/mol. The zero-order valence-electron chi connectivity index (χ0n) is 10.7. The van der Waals surface area contributed by atoms with Crippen LogP contribution < -0.4 is 5.32 Å². The van der Waals surface area contributed by atoms with E-state index >= 15 is 0 Å². The maximum absolute atomic E-state index is 13.0. The second-order valence-electron chi connectivity index (χ2n) is 4.80. The molecule has 1 atom stereocenters. The Morgan fingerprint density at radius 2 is 2.26 bits per heavy atom. The second-order valence-corrected chi connectivity index (χ2v) is 4.80. The van der Waals surface area contributed by atoms with Crippen molar-refractivity contribution in [1.29, 1.82) is 0 Å². The largest absolute Gasteiger partial charge is 0.480 e. The molecule has 2 aromatic rings. The Labute approximate surface area is 109 Å². The molecule has 2 rings (SSSR count). The number of carboxylic acids is 1. The number of fused-ring (bicyclic) bond motifs is 1. The Kier molecular flexibility index (Phi) is 3.69. The third-order valence-electron chi connectivity index (χ3n) is 2.65. The minimum Gasteiger partial charge on any atom is -0.480 e. The quantitative estimate of drug-likeness (QED) is 0.870. The zero-order valence-corrected chi connectivity index (χ0v) is 10.7. The van der Waals surface area contributed by atoms with Gasteiger partial charge < -0.3 is 14.8 Å². The highest BCUT2D eigenvalue weighted by molar-refractivity contribution is 5.78. The molecule has 1 aromatic heterocycles. The van der Waals surface area contributed by atoms with Crippen LogP contribution in [0.5, 0.6) is 0 Å². The van der Waals surface area contributed by atoms with E-state index in [-0.39, 0.29) is 11.9 Å². The normalized spacial score (nSPS) is 12.8. The number of carbonyl (C=O) groups is 1. The summed E-state index contributed by atoms with van der Waals surface area (Å²) in [6.45, 7) is 3.86. The van der Waals surface area contributed by atoms with Crippen molar-refractivity contribution >= 4 is 23.1 Å². The number of carboxylic acid groups (broad SMARTS) is 1. The summed E-state index contributed by atoms with van der Waals surface area (Å²) in [4.78, 5) is 15.1. The van der Waals surface area contributed by atoms with Gasteiger partial charge in [0.25, 0.3) is 6.01 Å². The molecular formula is C13H15FN2O3. The van der Waals surface area contributed by atoms with Crippen molar-refractivity contribution in [2.75, 3.05) is 5.32 Å². The fourth-order valence-electron chi connectivity index (χ4n) is 1.80. The van der Waals surface area contributed by atoms with Crippen LogP contribution in [0.2, 0.25) is 0 Å². The minimum atomic E-state index is -0.970. The molecule has 0 spiro atoms. The van der Waals surface area contributed by atoms with Crippen molar-refractivity contribution in [3.05, 3.63) is 24.0 Å². The lowest BCUT2D eigenvalue weighted by atomic mass is 10.0. The summed E-state index contributed by atoms with van der Waals surface area (Å²) in [6.07, 6.45) is 0.447. The molecule has 0 fully saturated rings. The van der Waals surface area contributed by atoms with Crippen molar-refractivity contribution in [3.63, 3.8) is 0 Å². The van der Waals surface area contributed by atoms with Crippen molar-refractivity contribution in [2.45, 2.75) is 26.3 Å². The molecule has 5 nitrogen and oxygen atoms in total. The number of aliphatic carboxylic acids is 1. The Bertz CT molecular complexity index is 595. The van der Waals surface area contributed by atoms with E-state index in [0.717, 1.165) is 0 Å². The van der Waals surface area contributed by atoms with Gasteiger partial charge in [0.2, 0.25) is 0 Å². The van der Waals surface area contributed by atoms with E-state index in [2.05, 4.69) is 10.3 Å². The number of rotatable bonds is 5. The maximum Gasteiger partial charge on any atom is 0.326 e. The summed E-state index contributed by atoms with van der Waals surface area (Å²) >= 11 is 0. The lowest BCUT2D eigenvalue weighted by molar-refractivity contribution is -0.138. The number of nitrogens with zero attached hydrogens (tertiary/aromatic N) is 1. The van der Waals surface area contributed by atoms with Crippen LogP contribution in [0, 0.1) is 11.7 Å². The molecule has 19 heavy (non-hydrogen) atoms. The first-order valence-corrected chi connectivity index (χ1v) is 6.01. The number of halogens is 1. The number of aromatic nitrogens is 1. The molecule has 0 aliphatic carbocycles. The topological polar surface area (TPSA) is 75.4 Å². The minimum absolute atomic E-state index is 0.0913. The first-order valence-electron chi connectivity index (χ1n) is 6.01. The molecule has 102 valence electrons. The van der Waals surface area contributed by atoms with Crippen molar-refractivity contribution in [2.24, 2.45) is 5.92 Å². The van der Waals surface area contributed by atoms with Crippen LogP contribution in [0.25, 0.3) is 11.1 Å². The molecule has 1 heterocycles. The summed E-state index contributed by atoms with van der Waals surface area (Å²) in [5.41, 5.74) is 0.772. The average Bonchev–Trinajstić information content (AvgIpc) is 2.68. The molecule has 1 aromatic carbocycles. The summed E-state index contributed by atoms with van der Waals surface area (Å²) in [6, 6.07) is 3.27. The van der Waals surface area contributed by atoms with Gasteiger partial charge in [-0.2, -0.15) is 4.98 Å². The first-order chi connectivity index (χ1) is 8.95. The van der Waals surface area contributed by atoms with Crippen molar-refractivity contribution < 1.29 is 18.7 Å². The van der Waals surface area contributed by atoms with E-state index < -0.39 is 17.8 Å². The van der Waals surface area contributed by atoms with Crippen LogP contribution in [0.3, 0.4) is 0 Å². The third kappa shape index (κ3) is 3.21. The van der Waals surface area contributed by atoms with E-state index in [9.17, 15) is 9.18 Å². The van der Waals surface area contributed by atoms with E-state index in [1.807, 2.05) is 13.8 Å². The highest BCUT2D eigenvalue weighted by Crippen LogP contribution is 2.21. The fraction of sp³-hybridized carbons (Fsp3) is 0.385. The van der Waals surface area contributed by atoms with Crippen LogP contribution in [0.15, 0.2) is 22.6 Å². The van der Waals surface area contributed by atoms with E-state index in [1.54, 1.807) is 0 Å². The molecule has 0 bridgehead atoms. The lowest BCUT2D eigenvalue weighted by Gasteiger charge is -2.14. The van der Waals surface area contributed by atoms with E-state index in [4.69, 9.17) is 9.52 Å². The number of oxazole rings is 1. The van der Waals surface area contributed by atoms with Crippen molar-refractivity contribution in [3.8, 4) is 0 Å². The molecule has 1 unspecified atom stereocenters. The van der Waals surface area contributed by atoms with Gasteiger partial charge in [0.1, 0.15) is 17.4 Å². The second kappa shape index (κ2) is 5.26.